The standard InChI is InChI=1S/C10H19N3O2/c1-5-8-9(11)10(13(3)12-8)15-7(2)6-14-4/h7H,5-6,11H2,1-4H3. The van der Waals surface area contributed by atoms with E-state index in [0.29, 0.717) is 18.2 Å². The van der Waals surface area contributed by atoms with Crippen LogP contribution in [0.2, 0.25) is 0 Å². The lowest BCUT2D eigenvalue weighted by atomic mass is 10.3. The Kier molecular flexibility index (Phi) is 3.96. The smallest absolute Gasteiger partial charge is 0.236 e. The van der Waals surface area contributed by atoms with Crippen LogP contribution in [0.4, 0.5) is 5.69 Å². The summed E-state index contributed by atoms with van der Waals surface area (Å²) in [6.45, 7) is 4.48. The fourth-order valence-corrected chi connectivity index (χ4v) is 1.44. The number of nitrogens with zero attached hydrogens (tertiary/aromatic N) is 2. The van der Waals surface area contributed by atoms with Gasteiger partial charge >= 0.3 is 0 Å². The summed E-state index contributed by atoms with van der Waals surface area (Å²) >= 11 is 0. The Morgan fingerprint density at radius 3 is 2.67 bits per heavy atom. The molecule has 1 aromatic heterocycles. The number of methoxy groups -OCH3 is 1. The average molecular weight is 213 g/mol. The fraction of sp³-hybridized carbons (Fsp3) is 0.700. The summed E-state index contributed by atoms with van der Waals surface area (Å²) in [5.41, 5.74) is 7.41. The van der Waals surface area contributed by atoms with Crippen molar-refractivity contribution in [3.05, 3.63) is 5.69 Å². The van der Waals surface area contributed by atoms with Crippen molar-refractivity contribution >= 4 is 5.69 Å². The van der Waals surface area contributed by atoms with Crippen LogP contribution in [0.1, 0.15) is 19.5 Å². The summed E-state index contributed by atoms with van der Waals surface area (Å²) in [5.74, 6) is 0.622. The third-order valence-corrected chi connectivity index (χ3v) is 2.16. The van der Waals surface area contributed by atoms with E-state index in [-0.39, 0.29) is 6.10 Å². The second-order valence-electron chi connectivity index (χ2n) is 3.53. The van der Waals surface area contributed by atoms with Gasteiger partial charge < -0.3 is 15.2 Å². The first kappa shape index (κ1) is 11.8. The van der Waals surface area contributed by atoms with Crippen molar-refractivity contribution in [2.75, 3.05) is 19.5 Å². The number of ether oxygens (including phenoxy) is 2. The van der Waals surface area contributed by atoms with Crippen LogP contribution in [0.5, 0.6) is 5.88 Å². The first-order chi connectivity index (χ1) is 7.10. The Labute approximate surface area is 90.2 Å². The summed E-state index contributed by atoms with van der Waals surface area (Å²) in [6.07, 6.45) is 0.777. The number of hydrogen-bond donors (Lipinski definition) is 1. The first-order valence-corrected chi connectivity index (χ1v) is 5.07. The third kappa shape index (κ3) is 2.62. The number of anilines is 1. The van der Waals surface area contributed by atoms with Crippen LogP contribution in [0, 0.1) is 0 Å². The maximum atomic E-state index is 5.91. The van der Waals surface area contributed by atoms with Gasteiger partial charge in [0, 0.05) is 14.2 Å². The molecule has 0 radical (unpaired) electrons. The summed E-state index contributed by atoms with van der Waals surface area (Å²) in [4.78, 5) is 0. The Balaban J connectivity index is 2.80. The Hall–Kier alpha value is -1.23. The molecule has 1 aromatic rings. The lowest BCUT2D eigenvalue weighted by molar-refractivity contribution is 0.0865. The van der Waals surface area contributed by atoms with Crippen molar-refractivity contribution in [2.24, 2.45) is 7.05 Å². The van der Waals surface area contributed by atoms with Gasteiger partial charge in [0.2, 0.25) is 5.88 Å². The van der Waals surface area contributed by atoms with Gasteiger partial charge in [0.15, 0.2) is 0 Å². The predicted octanol–water partition coefficient (Wildman–Crippen LogP) is 0.978. The zero-order valence-corrected chi connectivity index (χ0v) is 9.78. The molecule has 0 aliphatic rings. The highest BCUT2D eigenvalue weighted by Crippen LogP contribution is 2.25. The van der Waals surface area contributed by atoms with E-state index in [4.69, 9.17) is 15.2 Å². The second-order valence-corrected chi connectivity index (χ2v) is 3.53. The van der Waals surface area contributed by atoms with Crippen molar-refractivity contribution in [1.29, 1.82) is 0 Å². The van der Waals surface area contributed by atoms with Gasteiger partial charge in [-0.25, -0.2) is 4.68 Å². The van der Waals surface area contributed by atoms with E-state index in [1.54, 1.807) is 11.8 Å². The molecule has 86 valence electrons. The lowest BCUT2D eigenvalue weighted by Gasteiger charge is -2.13. The van der Waals surface area contributed by atoms with Crippen LogP contribution in [0.25, 0.3) is 0 Å². The van der Waals surface area contributed by atoms with E-state index in [2.05, 4.69) is 5.10 Å². The van der Waals surface area contributed by atoms with Gasteiger partial charge in [-0.2, -0.15) is 5.10 Å². The Morgan fingerprint density at radius 2 is 2.20 bits per heavy atom. The number of nitrogens with two attached hydrogens (primary N) is 1. The largest absolute Gasteiger partial charge is 0.471 e. The molecule has 2 N–H and O–H groups in total. The van der Waals surface area contributed by atoms with Crippen molar-refractivity contribution < 1.29 is 9.47 Å². The number of aryl methyl sites for hydroxylation is 2. The van der Waals surface area contributed by atoms with Crippen molar-refractivity contribution in [3.63, 3.8) is 0 Å². The average Bonchev–Trinajstić information content (AvgIpc) is 2.45. The molecule has 0 amide bonds. The topological polar surface area (TPSA) is 62.3 Å². The Bertz CT molecular complexity index is 323. The van der Waals surface area contributed by atoms with Crippen LogP contribution >= 0.6 is 0 Å². The lowest BCUT2D eigenvalue weighted by Crippen LogP contribution is -2.20. The second kappa shape index (κ2) is 5.02. The van der Waals surface area contributed by atoms with Crippen molar-refractivity contribution in [3.8, 4) is 5.88 Å². The van der Waals surface area contributed by atoms with Crippen molar-refractivity contribution in [1.82, 2.24) is 9.78 Å². The molecule has 0 fully saturated rings. The van der Waals surface area contributed by atoms with Gasteiger partial charge in [0.1, 0.15) is 11.8 Å². The highest BCUT2D eigenvalue weighted by Gasteiger charge is 2.15. The minimum atomic E-state index is -0.0302. The molecule has 1 rings (SSSR count). The zero-order chi connectivity index (χ0) is 11.4. The fourth-order valence-electron chi connectivity index (χ4n) is 1.44. The van der Waals surface area contributed by atoms with Gasteiger partial charge in [0.25, 0.3) is 0 Å². The van der Waals surface area contributed by atoms with Gasteiger partial charge in [-0.05, 0) is 13.3 Å². The van der Waals surface area contributed by atoms with Crippen LogP contribution in [0.3, 0.4) is 0 Å². The molecule has 5 heteroatoms. The first-order valence-electron chi connectivity index (χ1n) is 5.07. The minimum absolute atomic E-state index is 0.0302. The molecule has 0 spiro atoms. The summed E-state index contributed by atoms with van der Waals surface area (Å²) in [5, 5.41) is 4.27. The van der Waals surface area contributed by atoms with E-state index in [9.17, 15) is 0 Å². The molecule has 0 saturated heterocycles. The molecular weight excluding hydrogens is 194 g/mol. The van der Waals surface area contributed by atoms with Crippen molar-refractivity contribution in [2.45, 2.75) is 26.4 Å². The number of rotatable bonds is 5. The highest BCUT2D eigenvalue weighted by molar-refractivity contribution is 5.53. The van der Waals surface area contributed by atoms with Crippen LogP contribution in [0.15, 0.2) is 0 Å². The van der Waals surface area contributed by atoms with Crippen LogP contribution in [-0.4, -0.2) is 29.6 Å². The molecule has 5 nitrogen and oxygen atoms in total. The molecule has 0 bridgehead atoms. The summed E-state index contributed by atoms with van der Waals surface area (Å²) in [7, 11) is 3.47. The van der Waals surface area contributed by atoms with E-state index in [0.717, 1.165) is 12.1 Å². The number of hydrogen-bond acceptors (Lipinski definition) is 4. The maximum Gasteiger partial charge on any atom is 0.236 e. The highest BCUT2D eigenvalue weighted by atomic mass is 16.5. The molecule has 1 unspecified atom stereocenters. The molecule has 0 aliphatic carbocycles. The molecule has 0 aromatic carbocycles. The van der Waals surface area contributed by atoms with Crippen LogP contribution in [-0.2, 0) is 18.2 Å². The maximum absolute atomic E-state index is 5.91. The molecular formula is C10H19N3O2. The van der Waals surface area contributed by atoms with E-state index in [1.807, 2.05) is 20.9 Å². The van der Waals surface area contributed by atoms with Gasteiger partial charge in [-0.3, -0.25) is 0 Å². The minimum Gasteiger partial charge on any atom is -0.471 e. The molecule has 1 heterocycles. The molecule has 15 heavy (non-hydrogen) atoms. The number of nitrogen functional groups attached to an aromatic ring is 1. The molecule has 1 atom stereocenters. The molecule has 0 saturated carbocycles. The van der Waals surface area contributed by atoms with E-state index < -0.39 is 0 Å². The normalized spacial score (nSPS) is 12.8. The van der Waals surface area contributed by atoms with E-state index >= 15 is 0 Å². The van der Waals surface area contributed by atoms with E-state index in [1.165, 1.54) is 0 Å². The summed E-state index contributed by atoms with van der Waals surface area (Å²) in [6, 6.07) is 0. The van der Waals surface area contributed by atoms with Crippen LogP contribution < -0.4 is 10.5 Å². The quantitative estimate of drug-likeness (QED) is 0.792. The SMILES string of the molecule is CCc1nn(C)c(OC(C)COC)c1N. The van der Waals surface area contributed by atoms with Gasteiger partial charge in [-0.1, -0.05) is 6.92 Å². The number of aromatic nitrogens is 2. The summed E-state index contributed by atoms with van der Waals surface area (Å²) < 4.78 is 12.3. The molecule has 0 aliphatic heterocycles. The van der Waals surface area contributed by atoms with Gasteiger partial charge in [0.05, 0.1) is 12.3 Å². The predicted molar refractivity (Wildman–Crippen MR) is 59.0 cm³/mol. The van der Waals surface area contributed by atoms with Gasteiger partial charge in [-0.15, -0.1) is 0 Å². The Morgan fingerprint density at radius 1 is 1.53 bits per heavy atom. The monoisotopic (exact) mass is 213 g/mol. The zero-order valence-electron chi connectivity index (χ0n) is 9.78. The third-order valence-electron chi connectivity index (χ3n) is 2.16.